The van der Waals surface area contributed by atoms with Crippen molar-refractivity contribution in [2.75, 3.05) is 32.0 Å². The van der Waals surface area contributed by atoms with Gasteiger partial charge in [0.2, 0.25) is 11.3 Å². The van der Waals surface area contributed by atoms with Crippen molar-refractivity contribution in [3.8, 4) is 0 Å². The van der Waals surface area contributed by atoms with E-state index in [9.17, 15) is 4.55 Å². The molecule has 1 unspecified atom stereocenters. The summed E-state index contributed by atoms with van der Waals surface area (Å²) in [5.74, 6) is 0.200. The molecule has 0 aliphatic rings. The Bertz CT molecular complexity index is 732. The van der Waals surface area contributed by atoms with Crippen LogP contribution in [0.25, 0.3) is 0 Å². The minimum atomic E-state index is -1.48. The molecule has 0 bridgehead atoms. The first-order valence-corrected chi connectivity index (χ1v) is 11.2. The molecule has 9 nitrogen and oxygen atoms in total. The third-order valence-electron chi connectivity index (χ3n) is 4.33. The maximum absolute atomic E-state index is 11.1. The predicted octanol–water partition coefficient (Wildman–Crippen LogP) is 2.13. The van der Waals surface area contributed by atoms with E-state index in [0.29, 0.717) is 18.6 Å². The van der Waals surface area contributed by atoms with E-state index >= 15 is 0 Å². The summed E-state index contributed by atoms with van der Waals surface area (Å²) >= 11 is -1.48. The van der Waals surface area contributed by atoms with Gasteiger partial charge >= 0.3 is 0 Å². The summed E-state index contributed by atoms with van der Waals surface area (Å²) in [6, 6.07) is 0. The molecule has 0 radical (unpaired) electrons. The molecule has 1 atom stereocenters. The van der Waals surface area contributed by atoms with E-state index in [0.717, 1.165) is 32.5 Å². The quantitative estimate of drug-likeness (QED) is 0.363. The summed E-state index contributed by atoms with van der Waals surface area (Å²) in [6.45, 7) is 8.76. The van der Waals surface area contributed by atoms with Gasteiger partial charge in [-0.3, -0.25) is 9.89 Å². The molecule has 0 saturated carbocycles. The predicted molar refractivity (Wildman–Crippen MR) is 110 cm³/mol. The Balaban J connectivity index is 1.69. The fourth-order valence-electron chi connectivity index (χ4n) is 2.75. The zero-order chi connectivity index (χ0) is 20.2. The van der Waals surface area contributed by atoms with Crippen molar-refractivity contribution in [3.63, 3.8) is 0 Å². The normalized spacial score (nSPS) is 12.9. The van der Waals surface area contributed by atoms with Gasteiger partial charge in [0.25, 0.3) is 0 Å². The van der Waals surface area contributed by atoms with Crippen LogP contribution in [-0.2, 0) is 6.54 Å². The Labute approximate surface area is 169 Å². The molecule has 0 fully saturated rings. The van der Waals surface area contributed by atoms with Crippen LogP contribution in [0.2, 0.25) is 0 Å². The number of hydrogen-bond acceptors (Lipinski definition) is 7. The van der Waals surface area contributed by atoms with Gasteiger partial charge in [-0.05, 0) is 38.8 Å². The maximum Gasteiger partial charge on any atom is 0.229 e. The number of rotatable bonds is 14. The Kier molecular flexibility index (Phi) is 10.0. The molecule has 0 amide bonds. The molecule has 0 spiro atoms. The summed E-state index contributed by atoms with van der Waals surface area (Å²) in [7, 11) is 0. The van der Waals surface area contributed by atoms with Crippen molar-refractivity contribution in [3.05, 3.63) is 23.4 Å². The fourth-order valence-corrected chi connectivity index (χ4v) is 3.40. The molecule has 3 N–H and O–H groups in total. The number of nitrogens with two attached hydrogens (primary N) is 1. The van der Waals surface area contributed by atoms with Gasteiger partial charge in [0, 0.05) is 23.0 Å². The Morgan fingerprint density at radius 1 is 1.25 bits per heavy atom. The van der Waals surface area contributed by atoms with E-state index in [1.807, 2.05) is 12.4 Å². The molecule has 0 aromatic carbocycles. The average Bonchev–Trinajstić information content (AvgIpc) is 3.25. The van der Waals surface area contributed by atoms with Crippen molar-refractivity contribution < 1.29 is 9.39 Å². The number of aromatic amines is 1. The number of aromatic nitrogens is 4. The third-order valence-corrected chi connectivity index (χ3v) is 5.06. The Morgan fingerprint density at radius 2 is 2.00 bits per heavy atom. The van der Waals surface area contributed by atoms with Crippen LogP contribution in [0, 0.1) is 0 Å². The number of hydrogen-bond donors (Lipinski definition) is 2. The van der Waals surface area contributed by atoms with Gasteiger partial charge in [-0.2, -0.15) is 0 Å². The average molecular weight is 412 g/mol. The first-order chi connectivity index (χ1) is 13.6. The molecule has 0 aliphatic carbocycles. The largest absolute Gasteiger partial charge is 0.548 e. The standard InChI is InChI=1S/C18H33N7O2S/c1-3-5-10-24(11-6-4-2)14-16-13-21-25(15-16)27-12-8-7-9-20-18-17(19)22-28(26)23-18/h13,15H,3-12,14H2,1-2H3,(H2,19,22)(H,20,23). The molecule has 10 heteroatoms. The van der Waals surface area contributed by atoms with E-state index in [4.69, 9.17) is 10.6 Å². The number of nitrogens with zero attached hydrogens (tertiary/aromatic N) is 5. The van der Waals surface area contributed by atoms with Crippen molar-refractivity contribution in [1.82, 2.24) is 23.6 Å². The van der Waals surface area contributed by atoms with Crippen molar-refractivity contribution in [2.45, 2.75) is 58.9 Å². The molecule has 0 aliphatic heterocycles. The van der Waals surface area contributed by atoms with Crippen molar-refractivity contribution in [1.29, 1.82) is 0 Å². The van der Waals surface area contributed by atoms with Crippen molar-refractivity contribution in [2.24, 2.45) is 4.99 Å². The maximum atomic E-state index is 11.1. The molecular formula is C18H33N7O2S. The second kappa shape index (κ2) is 12.5. The highest BCUT2D eigenvalue weighted by molar-refractivity contribution is 7.13. The SMILES string of the molecule is CCCCN(CCCC)Cc1cnn(OCCCCN=c2[nH][s+]([O-])nc2N)c1. The zero-order valence-electron chi connectivity index (χ0n) is 17.0. The van der Waals surface area contributed by atoms with E-state index in [1.54, 1.807) is 4.85 Å². The van der Waals surface area contributed by atoms with E-state index in [2.05, 4.69) is 37.6 Å². The molecule has 2 rings (SSSR count). The monoisotopic (exact) mass is 411 g/mol. The lowest BCUT2D eigenvalue weighted by Crippen LogP contribution is -2.25. The van der Waals surface area contributed by atoms with Crippen LogP contribution in [0.4, 0.5) is 5.82 Å². The molecule has 2 aromatic heterocycles. The minimum absolute atomic E-state index is 0.200. The molecule has 0 saturated heterocycles. The highest BCUT2D eigenvalue weighted by Gasteiger charge is 2.07. The van der Waals surface area contributed by atoms with Crippen LogP contribution in [-0.4, -0.2) is 54.4 Å². The lowest BCUT2D eigenvalue weighted by atomic mass is 10.2. The number of nitrogen functional groups attached to an aromatic ring is 1. The van der Waals surface area contributed by atoms with E-state index in [1.165, 1.54) is 31.2 Å². The second-order valence-corrected chi connectivity index (χ2v) is 7.72. The Morgan fingerprint density at radius 3 is 2.64 bits per heavy atom. The number of H-pyrrole nitrogens is 1. The van der Waals surface area contributed by atoms with Gasteiger partial charge in [0.05, 0.1) is 12.4 Å². The second-order valence-electron chi connectivity index (χ2n) is 6.83. The summed E-state index contributed by atoms with van der Waals surface area (Å²) in [5, 5.41) is 4.29. The van der Waals surface area contributed by atoms with Crippen LogP contribution in [0.15, 0.2) is 17.4 Å². The van der Waals surface area contributed by atoms with E-state index in [-0.39, 0.29) is 5.82 Å². The van der Waals surface area contributed by atoms with Crippen LogP contribution in [0.3, 0.4) is 0 Å². The molecule has 28 heavy (non-hydrogen) atoms. The molecule has 2 aromatic rings. The van der Waals surface area contributed by atoms with Gasteiger partial charge in [-0.15, -0.1) is 14.3 Å². The highest BCUT2D eigenvalue weighted by Crippen LogP contribution is 2.07. The first-order valence-electron chi connectivity index (χ1n) is 10.1. The van der Waals surface area contributed by atoms with Crippen LogP contribution < -0.4 is 16.1 Å². The smallest absolute Gasteiger partial charge is 0.229 e. The van der Waals surface area contributed by atoms with Gasteiger partial charge < -0.3 is 15.1 Å². The van der Waals surface area contributed by atoms with Gasteiger partial charge in [0.1, 0.15) is 6.61 Å². The summed E-state index contributed by atoms with van der Waals surface area (Å²) in [6.07, 6.45) is 10.4. The number of anilines is 1. The topological polar surface area (TPSA) is 120 Å². The van der Waals surface area contributed by atoms with Crippen LogP contribution in [0.1, 0.15) is 57.9 Å². The number of nitrogens with one attached hydrogen (secondary N) is 1. The van der Waals surface area contributed by atoms with E-state index < -0.39 is 11.1 Å². The lowest BCUT2D eigenvalue weighted by molar-refractivity contribution is 0.0796. The zero-order valence-corrected chi connectivity index (χ0v) is 17.8. The van der Waals surface area contributed by atoms with Crippen LogP contribution in [0.5, 0.6) is 0 Å². The molecule has 158 valence electrons. The fraction of sp³-hybridized carbons (Fsp3) is 0.722. The lowest BCUT2D eigenvalue weighted by Gasteiger charge is -2.21. The Hall–Kier alpha value is -1.91. The minimum Gasteiger partial charge on any atom is -0.548 e. The van der Waals surface area contributed by atoms with Crippen LogP contribution >= 0.6 is 11.1 Å². The van der Waals surface area contributed by atoms with Crippen molar-refractivity contribution >= 4 is 17.0 Å². The highest BCUT2D eigenvalue weighted by atomic mass is 32.2. The summed E-state index contributed by atoms with van der Waals surface area (Å²) in [5.41, 5.74) is 7.18. The summed E-state index contributed by atoms with van der Waals surface area (Å²) < 4.78 is 17.4. The molecular weight excluding hydrogens is 378 g/mol. The van der Waals surface area contributed by atoms with Gasteiger partial charge in [-0.25, -0.2) is 0 Å². The van der Waals surface area contributed by atoms with Gasteiger partial charge in [-0.1, -0.05) is 26.7 Å². The molecule has 2 heterocycles. The third kappa shape index (κ3) is 7.99. The van der Waals surface area contributed by atoms with Gasteiger partial charge in [0.15, 0.2) is 11.1 Å². The summed E-state index contributed by atoms with van der Waals surface area (Å²) in [4.78, 5) is 14.0. The number of unbranched alkanes of at least 4 members (excludes halogenated alkanes) is 3. The first kappa shape index (κ1) is 22.4.